The maximum atomic E-state index is 2.27. The molecule has 0 saturated heterocycles. The Labute approximate surface area is 85.4 Å². The highest BCUT2D eigenvalue weighted by Gasteiger charge is 2.15. The van der Waals surface area contributed by atoms with Gasteiger partial charge in [-0.05, 0) is 41.7 Å². The summed E-state index contributed by atoms with van der Waals surface area (Å²) in [5, 5.41) is 0. The summed E-state index contributed by atoms with van der Waals surface area (Å²) in [5.74, 6) is 0. The normalized spacial score (nSPS) is 12.3. The van der Waals surface area contributed by atoms with Crippen LogP contribution in [-0.4, -0.2) is 4.40 Å². The molecule has 0 aliphatic heterocycles. The Morgan fingerprint density at radius 1 is 1.14 bits per heavy atom. The molecule has 1 nitrogen and oxygen atoms in total. The van der Waals surface area contributed by atoms with Crippen molar-refractivity contribution in [3.8, 4) is 0 Å². The highest BCUT2D eigenvalue weighted by Crippen LogP contribution is 2.24. The molecule has 0 amide bonds. The van der Waals surface area contributed by atoms with E-state index in [1.807, 2.05) is 0 Å². The number of hydrogen-bond donors (Lipinski definition) is 0. The van der Waals surface area contributed by atoms with Crippen LogP contribution in [-0.2, 0) is 5.41 Å². The van der Waals surface area contributed by atoms with Gasteiger partial charge in [0.15, 0.2) is 0 Å². The third-order valence-corrected chi connectivity index (χ3v) is 2.62. The largest absolute Gasteiger partial charge is 0.324 e. The van der Waals surface area contributed by atoms with E-state index < -0.39 is 0 Å². The fourth-order valence-electron chi connectivity index (χ4n) is 1.63. The van der Waals surface area contributed by atoms with Crippen molar-refractivity contribution in [3.63, 3.8) is 0 Å². The van der Waals surface area contributed by atoms with Crippen LogP contribution in [0.4, 0.5) is 0 Å². The Hall–Kier alpha value is -1.24. The molecule has 0 atom stereocenters. The quantitative estimate of drug-likeness (QED) is 0.594. The van der Waals surface area contributed by atoms with Crippen molar-refractivity contribution in [2.45, 2.75) is 33.1 Å². The number of rotatable bonds is 0. The molecular formula is C13H17N. The van der Waals surface area contributed by atoms with Crippen LogP contribution < -0.4 is 0 Å². The minimum absolute atomic E-state index is 0.236. The van der Waals surface area contributed by atoms with Gasteiger partial charge in [0.1, 0.15) is 0 Å². The number of aromatic nitrogens is 1. The highest BCUT2D eigenvalue weighted by atomic mass is 14.9. The smallest absolute Gasteiger partial charge is 0.0455 e. The SMILES string of the molecule is Cc1ccn2cc(C(C)(C)C)cc2c1. The first-order valence-corrected chi connectivity index (χ1v) is 5.06. The van der Waals surface area contributed by atoms with E-state index in [9.17, 15) is 0 Å². The van der Waals surface area contributed by atoms with E-state index in [-0.39, 0.29) is 5.41 Å². The van der Waals surface area contributed by atoms with Gasteiger partial charge in [0.2, 0.25) is 0 Å². The Balaban J connectivity index is 2.63. The molecule has 1 heteroatoms. The van der Waals surface area contributed by atoms with Gasteiger partial charge in [-0.2, -0.15) is 0 Å². The molecule has 0 unspecified atom stereocenters. The second kappa shape index (κ2) is 2.88. The van der Waals surface area contributed by atoms with E-state index in [2.05, 4.69) is 62.7 Å². The van der Waals surface area contributed by atoms with Gasteiger partial charge < -0.3 is 4.40 Å². The van der Waals surface area contributed by atoms with E-state index in [1.165, 1.54) is 16.6 Å². The minimum atomic E-state index is 0.236. The molecule has 2 rings (SSSR count). The Bertz CT molecular complexity index is 458. The molecule has 0 aliphatic carbocycles. The minimum Gasteiger partial charge on any atom is -0.324 e. The van der Waals surface area contributed by atoms with E-state index in [1.54, 1.807) is 0 Å². The molecule has 0 radical (unpaired) electrons. The van der Waals surface area contributed by atoms with Gasteiger partial charge in [0, 0.05) is 17.9 Å². The van der Waals surface area contributed by atoms with Crippen molar-refractivity contribution in [1.82, 2.24) is 4.40 Å². The summed E-state index contributed by atoms with van der Waals surface area (Å²) in [4.78, 5) is 0. The predicted octanol–water partition coefficient (Wildman–Crippen LogP) is 3.55. The fraction of sp³-hybridized carbons (Fsp3) is 0.385. The van der Waals surface area contributed by atoms with Gasteiger partial charge in [0.25, 0.3) is 0 Å². The molecule has 0 aromatic carbocycles. The maximum Gasteiger partial charge on any atom is 0.0455 e. The van der Waals surface area contributed by atoms with Crippen molar-refractivity contribution in [1.29, 1.82) is 0 Å². The van der Waals surface area contributed by atoms with Gasteiger partial charge in [0.05, 0.1) is 0 Å². The van der Waals surface area contributed by atoms with Crippen LogP contribution in [0.2, 0.25) is 0 Å². The molecule has 14 heavy (non-hydrogen) atoms. The first-order valence-electron chi connectivity index (χ1n) is 5.06. The predicted molar refractivity (Wildman–Crippen MR) is 60.8 cm³/mol. The number of pyridine rings is 1. The molecule has 2 aromatic rings. The molecule has 2 heterocycles. The van der Waals surface area contributed by atoms with Gasteiger partial charge in [-0.1, -0.05) is 20.8 Å². The van der Waals surface area contributed by atoms with Crippen LogP contribution in [0.15, 0.2) is 30.6 Å². The molecular weight excluding hydrogens is 170 g/mol. The second-order valence-electron chi connectivity index (χ2n) is 5.02. The zero-order valence-corrected chi connectivity index (χ0v) is 9.33. The van der Waals surface area contributed by atoms with Crippen LogP contribution in [0.3, 0.4) is 0 Å². The van der Waals surface area contributed by atoms with E-state index in [0.29, 0.717) is 0 Å². The fourth-order valence-corrected chi connectivity index (χ4v) is 1.63. The Kier molecular flexibility index (Phi) is 1.91. The number of nitrogens with zero attached hydrogens (tertiary/aromatic N) is 1. The Morgan fingerprint density at radius 3 is 2.50 bits per heavy atom. The third-order valence-electron chi connectivity index (χ3n) is 2.62. The highest BCUT2D eigenvalue weighted by molar-refractivity contribution is 5.53. The lowest BCUT2D eigenvalue weighted by Gasteiger charge is -2.15. The van der Waals surface area contributed by atoms with Crippen LogP contribution in [0.25, 0.3) is 5.52 Å². The molecule has 0 spiro atoms. The first-order chi connectivity index (χ1) is 6.47. The third kappa shape index (κ3) is 1.54. The molecule has 0 N–H and O–H groups in total. The average molecular weight is 187 g/mol. The van der Waals surface area contributed by atoms with Crippen molar-refractivity contribution < 1.29 is 0 Å². The topological polar surface area (TPSA) is 4.41 Å². The lowest BCUT2D eigenvalue weighted by Crippen LogP contribution is -2.09. The monoisotopic (exact) mass is 187 g/mol. The molecule has 0 bridgehead atoms. The van der Waals surface area contributed by atoms with Crippen LogP contribution >= 0.6 is 0 Å². The summed E-state index contributed by atoms with van der Waals surface area (Å²) in [6.07, 6.45) is 4.34. The van der Waals surface area contributed by atoms with Crippen molar-refractivity contribution in [2.75, 3.05) is 0 Å². The van der Waals surface area contributed by atoms with Gasteiger partial charge in [-0.3, -0.25) is 0 Å². The summed E-state index contributed by atoms with van der Waals surface area (Å²) in [5.41, 5.74) is 4.23. The lowest BCUT2D eigenvalue weighted by atomic mass is 9.89. The first kappa shape index (κ1) is 9.32. The summed E-state index contributed by atoms with van der Waals surface area (Å²) in [6, 6.07) is 6.63. The molecule has 74 valence electrons. The van der Waals surface area contributed by atoms with Crippen LogP contribution in [0.5, 0.6) is 0 Å². The Morgan fingerprint density at radius 2 is 1.86 bits per heavy atom. The van der Waals surface area contributed by atoms with Crippen LogP contribution in [0, 0.1) is 6.92 Å². The molecule has 0 aliphatic rings. The maximum absolute atomic E-state index is 2.27. The van der Waals surface area contributed by atoms with E-state index in [4.69, 9.17) is 0 Å². The summed E-state index contributed by atoms with van der Waals surface area (Å²) in [7, 11) is 0. The van der Waals surface area contributed by atoms with Gasteiger partial charge in [-0.15, -0.1) is 0 Å². The summed E-state index contributed by atoms with van der Waals surface area (Å²) < 4.78 is 2.19. The molecule has 2 aromatic heterocycles. The summed E-state index contributed by atoms with van der Waals surface area (Å²) in [6.45, 7) is 8.86. The molecule has 0 saturated carbocycles. The van der Waals surface area contributed by atoms with E-state index in [0.717, 1.165) is 0 Å². The summed E-state index contributed by atoms with van der Waals surface area (Å²) >= 11 is 0. The van der Waals surface area contributed by atoms with Gasteiger partial charge in [-0.25, -0.2) is 0 Å². The zero-order chi connectivity index (χ0) is 10.3. The number of aryl methyl sites for hydroxylation is 1. The number of fused-ring (bicyclic) bond motifs is 1. The average Bonchev–Trinajstić information content (AvgIpc) is 2.45. The second-order valence-corrected chi connectivity index (χ2v) is 5.02. The van der Waals surface area contributed by atoms with Gasteiger partial charge >= 0.3 is 0 Å². The number of hydrogen-bond acceptors (Lipinski definition) is 0. The zero-order valence-electron chi connectivity index (χ0n) is 9.33. The lowest BCUT2D eigenvalue weighted by molar-refractivity contribution is 0.590. The van der Waals surface area contributed by atoms with Crippen LogP contribution in [0.1, 0.15) is 31.9 Å². The van der Waals surface area contributed by atoms with Crippen molar-refractivity contribution >= 4 is 5.52 Å². The standard InChI is InChI=1S/C13H17N/c1-10-5-6-14-9-11(13(2,3)4)8-12(14)7-10/h5-9H,1-4H3. The van der Waals surface area contributed by atoms with E-state index >= 15 is 0 Å². The van der Waals surface area contributed by atoms with Crippen molar-refractivity contribution in [3.05, 3.63) is 41.7 Å². The van der Waals surface area contributed by atoms with Crippen molar-refractivity contribution in [2.24, 2.45) is 0 Å². The molecule has 0 fully saturated rings.